The van der Waals surface area contributed by atoms with Crippen LogP contribution in [0.2, 0.25) is 0 Å². The van der Waals surface area contributed by atoms with Gasteiger partial charge in [0.1, 0.15) is 6.04 Å². The summed E-state index contributed by atoms with van der Waals surface area (Å²) in [6.45, 7) is 16.4. The van der Waals surface area contributed by atoms with Crippen LogP contribution in [-0.4, -0.2) is 18.1 Å². The lowest BCUT2D eigenvalue weighted by Crippen LogP contribution is -2.72. The zero-order valence-electron chi connectivity index (χ0n) is 13.5. The molecule has 0 bridgehead atoms. The summed E-state index contributed by atoms with van der Waals surface area (Å²) in [7, 11) is 0. The summed E-state index contributed by atoms with van der Waals surface area (Å²) in [5, 5.41) is 0. The summed E-state index contributed by atoms with van der Waals surface area (Å²) in [5.41, 5.74) is 3.81. The van der Waals surface area contributed by atoms with Gasteiger partial charge in [0.2, 0.25) is 0 Å². The molecule has 0 aliphatic heterocycles. The van der Waals surface area contributed by atoms with Gasteiger partial charge in [-0.3, -0.25) is 4.79 Å². The molecular formula is C15H32NO2+. The molecule has 0 amide bonds. The summed E-state index contributed by atoms with van der Waals surface area (Å²) >= 11 is 0. The molecule has 0 saturated carbocycles. The van der Waals surface area contributed by atoms with Crippen molar-refractivity contribution in [2.24, 2.45) is 16.7 Å². The number of rotatable bonds is 4. The van der Waals surface area contributed by atoms with Crippen molar-refractivity contribution in [3.8, 4) is 0 Å². The maximum Gasteiger partial charge on any atom is 0.311 e. The first kappa shape index (κ1) is 17.4. The van der Waals surface area contributed by atoms with E-state index in [1.807, 2.05) is 20.8 Å². The van der Waals surface area contributed by atoms with Gasteiger partial charge in [0.15, 0.2) is 6.10 Å². The van der Waals surface area contributed by atoms with Crippen LogP contribution in [0.5, 0.6) is 0 Å². The van der Waals surface area contributed by atoms with Gasteiger partial charge in [-0.2, -0.15) is 0 Å². The average molecular weight is 258 g/mol. The number of carbonyl (C=O) groups is 1. The quantitative estimate of drug-likeness (QED) is 0.788. The molecule has 108 valence electrons. The first-order valence-electron chi connectivity index (χ1n) is 6.90. The molecule has 0 aromatic carbocycles. The molecule has 0 aliphatic carbocycles. The van der Waals surface area contributed by atoms with Crippen LogP contribution in [0, 0.1) is 16.7 Å². The van der Waals surface area contributed by atoms with Gasteiger partial charge in [0.05, 0.1) is 5.41 Å². The minimum atomic E-state index is -0.452. The Kier molecular flexibility index (Phi) is 5.86. The van der Waals surface area contributed by atoms with Crippen LogP contribution >= 0.6 is 0 Å². The molecule has 3 heteroatoms. The second-order valence-electron chi connectivity index (χ2n) is 7.80. The summed E-state index contributed by atoms with van der Waals surface area (Å²) in [6.07, 6.45) is 0.768. The lowest BCUT2D eigenvalue weighted by molar-refractivity contribution is -0.461. The number of ether oxygens (including phenoxy) is 1. The number of hydrogen-bond acceptors (Lipinski definition) is 2. The van der Waals surface area contributed by atoms with E-state index in [0.29, 0.717) is 5.92 Å². The molecule has 0 heterocycles. The highest BCUT2D eigenvalue weighted by Gasteiger charge is 2.37. The molecule has 0 aliphatic rings. The van der Waals surface area contributed by atoms with Gasteiger partial charge in [-0.25, -0.2) is 0 Å². The fourth-order valence-corrected chi connectivity index (χ4v) is 1.63. The molecule has 0 aromatic heterocycles. The van der Waals surface area contributed by atoms with Crippen LogP contribution in [0.15, 0.2) is 0 Å². The normalized spacial score (nSPS) is 16.6. The van der Waals surface area contributed by atoms with E-state index in [1.165, 1.54) is 0 Å². The van der Waals surface area contributed by atoms with E-state index >= 15 is 0 Å². The fourth-order valence-electron chi connectivity index (χ4n) is 1.63. The number of esters is 1. The highest BCUT2D eigenvalue weighted by molar-refractivity contribution is 5.75. The SMILES string of the molecule is CC(C)CC(OC(=O)C(C)(C)C)C([NH3+])C(C)(C)C. The Morgan fingerprint density at radius 2 is 1.56 bits per heavy atom. The molecule has 0 radical (unpaired) electrons. The van der Waals surface area contributed by atoms with E-state index in [-0.39, 0.29) is 23.5 Å². The molecule has 0 fully saturated rings. The van der Waals surface area contributed by atoms with Crippen molar-refractivity contribution in [2.45, 2.75) is 74.0 Å². The Bertz CT molecular complexity index is 271. The maximum atomic E-state index is 12.0. The monoisotopic (exact) mass is 258 g/mol. The minimum Gasteiger partial charge on any atom is -0.456 e. The predicted molar refractivity (Wildman–Crippen MR) is 74.9 cm³/mol. The molecule has 18 heavy (non-hydrogen) atoms. The van der Waals surface area contributed by atoms with Gasteiger partial charge in [-0.05, 0) is 33.1 Å². The highest BCUT2D eigenvalue weighted by atomic mass is 16.5. The zero-order chi connectivity index (χ0) is 14.7. The summed E-state index contributed by atoms with van der Waals surface area (Å²) < 4.78 is 5.71. The van der Waals surface area contributed by atoms with Gasteiger partial charge >= 0.3 is 5.97 Å². The van der Waals surface area contributed by atoms with Crippen LogP contribution in [0.3, 0.4) is 0 Å². The molecule has 0 saturated heterocycles. The third kappa shape index (κ3) is 5.85. The first-order chi connectivity index (χ1) is 7.85. The number of carbonyl (C=O) groups excluding carboxylic acids is 1. The van der Waals surface area contributed by atoms with Gasteiger partial charge in [-0.15, -0.1) is 0 Å². The largest absolute Gasteiger partial charge is 0.456 e. The molecule has 3 nitrogen and oxygen atoms in total. The molecular weight excluding hydrogens is 226 g/mol. The average Bonchev–Trinajstić information content (AvgIpc) is 2.11. The van der Waals surface area contributed by atoms with Crippen molar-refractivity contribution < 1.29 is 15.3 Å². The van der Waals surface area contributed by atoms with Crippen molar-refractivity contribution in [1.29, 1.82) is 0 Å². The standard InChI is InChI=1S/C15H31NO2/c1-10(2)9-11(12(16)14(3,4)5)18-13(17)15(6,7)8/h10-12H,9,16H2,1-8H3/p+1. The second kappa shape index (κ2) is 6.05. The lowest BCUT2D eigenvalue weighted by atomic mass is 9.81. The molecule has 0 spiro atoms. The van der Waals surface area contributed by atoms with Crippen molar-refractivity contribution in [1.82, 2.24) is 0 Å². The van der Waals surface area contributed by atoms with E-state index in [0.717, 1.165) is 6.42 Å². The van der Waals surface area contributed by atoms with Gasteiger partial charge in [0, 0.05) is 5.41 Å². The predicted octanol–water partition coefficient (Wildman–Crippen LogP) is 2.65. The van der Waals surface area contributed by atoms with Crippen molar-refractivity contribution in [2.75, 3.05) is 0 Å². The Morgan fingerprint density at radius 1 is 1.11 bits per heavy atom. The summed E-state index contributed by atoms with van der Waals surface area (Å²) in [4.78, 5) is 12.0. The molecule has 0 aromatic rings. The Hall–Kier alpha value is -0.570. The van der Waals surface area contributed by atoms with E-state index in [2.05, 4.69) is 40.4 Å². The molecule has 3 N–H and O–H groups in total. The number of quaternary nitrogens is 1. The van der Waals surface area contributed by atoms with E-state index in [1.54, 1.807) is 0 Å². The zero-order valence-corrected chi connectivity index (χ0v) is 13.5. The van der Waals surface area contributed by atoms with Crippen LogP contribution in [0.25, 0.3) is 0 Å². The van der Waals surface area contributed by atoms with Gasteiger partial charge in [-0.1, -0.05) is 34.6 Å². The Morgan fingerprint density at radius 3 is 1.83 bits per heavy atom. The molecule has 0 rings (SSSR count). The first-order valence-corrected chi connectivity index (χ1v) is 6.90. The summed E-state index contributed by atoms with van der Waals surface area (Å²) in [6, 6.07) is 0.103. The van der Waals surface area contributed by atoms with Crippen LogP contribution < -0.4 is 5.73 Å². The van der Waals surface area contributed by atoms with Crippen LogP contribution in [-0.2, 0) is 9.53 Å². The van der Waals surface area contributed by atoms with E-state index < -0.39 is 5.41 Å². The Balaban J connectivity index is 4.86. The smallest absolute Gasteiger partial charge is 0.311 e. The van der Waals surface area contributed by atoms with Gasteiger partial charge in [0.25, 0.3) is 0 Å². The lowest BCUT2D eigenvalue weighted by Gasteiger charge is -2.33. The molecule has 2 unspecified atom stereocenters. The topological polar surface area (TPSA) is 53.9 Å². The van der Waals surface area contributed by atoms with Crippen molar-refractivity contribution in [3.63, 3.8) is 0 Å². The third-order valence-corrected chi connectivity index (χ3v) is 3.14. The van der Waals surface area contributed by atoms with Crippen molar-refractivity contribution >= 4 is 5.97 Å². The van der Waals surface area contributed by atoms with Crippen LogP contribution in [0.4, 0.5) is 0 Å². The third-order valence-electron chi connectivity index (χ3n) is 3.14. The summed E-state index contributed by atoms with van der Waals surface area (Å²) in [5.74, 6) is 0.361. The second-order valence-corrected chi connectivity index (χ2v) is 7.80. The maximum absolute atomic E-state index is 12.0. The molecule has 2 atom stereocenters. The number of hydrogen-bond donors (Lipinski definition) is 1. The fraction of sp³-hybridized carbons (Fsp3) is 0.933. The minimum absolute atomic E-state index is 0.0394. The van der Waals surface area contributed by atoms with Crippen LogP contribution in [0.1, 0.15) is 61.8 Å². The van der Waals surface area contributed by atoms with Crippen molar-refractivity contribution in [3.05, 3.63) is 0 Å². The van der Waals surface area contributed by atoms with E-state index in [9.17, 15) is 4.79 Å². The van der Waals surface area contributed by atoms with Gasteiger partial charge < -0.3 is 10.5 Å². The Labute approximate surface area is 112 Å². The highest BCUT2D eigenvalue weighted by Crippen LogP contribution is 2.26. The van der Waals surface area contributed by atoms with E-state index in [4.69, 9.17) is 4.74 Å².